The van der Waals surface area contributed by atoms with E-state index in [4.69, 9.17) is 0 Å². The summed E-state index contributed by atoms with van der Waals surface area (Å²) in [6.07, 6.45) is 4.74. The van der Waals surface area contributed by atoms with Gasteiger partial charge in [0.25, 0.3) is 5.91 Å². The summed E-state index contributed by atoms with van der Waals surface area (Å²) in [5.41, 5.74) is 4.30. The number of likely N-dealkylation sites (N-methyl/N-ethyl adjacent to an activating group) is 1. The smallest absolute Gasteiger partial charge is 0.273 e. The first-order valence-electron chi connectivity index (χ1n) is 8.47. The molecule has 1 saturated heterocycles. The van der Waals surface area contributed by atoms with Gasteiger partial charge in [-0.25, -0.2) is 9.97 Å². The summed E-state index contributed by atoms with van der Waals surface area (Å²) in [6, 6.07) is 4.36. The second-order valence-corrected chi connectivity index (χ2v) is 7.36. The van der Waals surface area contributed by atoms with E-state index in [9.17, 15) is 4.79 Å². The van der Waals surface area contributed by atoms with Crippen LogP contribution in [0.5, 0.6) is 0 Å². The van der Waals surface area contributed by atoms with Gasteiger partial charge in [-0.15, -0.1) is 11.3 Å². The third-order valence-electron chi connectivity index (χ3n) is 5.17. The van der Waals surface area contributed by atoms with Crippen molar-refractivity contribution in [3.8, 4) is 0 Å². The van der Waals surface area contributed by atoms with Crippen molar-refractivity contribution in [3.63, 3.8) is 0 Å². The van der Waals surface area contributed by atoms with Crippen molar-refractivity contribution in [2.45, 2.75) is 19.4 Å². The fourth-order valence-electron chi connectivity index (χ4n) is 3.65. The SMILES string of the molecule is C[C@@H]1CCN(C(=O)c2cscn2)CC1N(C)c1ccnc2[nH]ccc12. The van der Waals surface area contributed by atoms with Crippen LogP contribution < -0.4 is 4.90 Å². The largest absolute Gasteiger partial charge is 0.369 e. The zero-order valence-corrected chi connectivity index (χ0v) is 15.2. The fraction of sp³-hybridized carbons (Fsp3) is 0.389. The van der Waals surface area contributed by atoms with Gasteiger partial charge in [0.05, 0.1) is 5.51 Å². The molecule has 3 aromatic rings. The lowest BCUT2D eigenvalue weighted by Gasteiger charge is -2.42. The van der Waals surface area contributed by atoms with Crippen molar-refractivity contribution in [2.24, 2.45) is 5.92 Å². The van der Waals surface area contributed by atoms with Gasteiger partial charge in [0.15, 0.2) is 0 Å². The Labute approximate surface area is 150 Å². The minimum Gasteiger partial charge on any atom is -0.369 e. The van der Waals surface area contributed by atoms with Gasteiger partial charge in [0, 0.05) is 55.0 Å². The number of amides is 1. The first kappa shape index (κ1) is 16.1. The number of nitrogens with one attached hydrogen (secondary N) is 1. The number of thiazole rings is 1. The number of fused-ring (bicyclic) bond motifs is 1. The number of nitrogens with zero attached hydrogens (tertiary/aromatic N) is 4. The fourth-order valence-corrected chi connectivity index (χ4v) is 4.18. The molecule has 1 fully saturated rings. The molecule has 0 aromatic carbocycles. The number of hydrogen-bond acceptors (Lipinski definition) is 5. The third kappa shape index (κ3) is 2.89. The van der Waals surface area contributed by atoms with Crippen molar-refractivity contribution in [3.05, 3.63) is 41.1 Å². The number of aromatic amines is 1. The normalized spacial score (nSPS) is 20.8. The van der Waals surface area contributed by atoms with Crippen LogP contribution in [0.1, 0.15) is 23.8 Å². The number of piperidine rings is 1. The maximum atomic E-state index is 12.7. The van der Waals surface area contributed by atoms with E-state index in [0.717, 1.165) is 29.7 Å². The highest BCUT2D eigenvalue weighted by Gasteiger charge is 2.33. The molecule has 25 heavy (non-hydrogen) atoms. The summed E-state index contributed by atoms with van der Waals surface area (Å²) in [7, 11) is 2.11. The molecular formula is C18H21N5OS. The summed E-state index contributed by atoms with van der Waals surface area (Å²) < 4.78 is 0. The summed E-state index contributed by atoms with van der Waals surface area (Å²) in [5, 5.41) is 2.94. The average molecular weight is 355 g/mol. The molecule has 1 amide bonds. The van der Waals surface area contributed by atoms with Crippen LogP contribution in [0.4, 0.5) is 5.69 Å². The van der Waals surface area contributed by atoms with Crippen LogP contribution >= 0.6 is 11.3 Å². The van der Waals surface area contributed by atoms with Gasteiger partial charge in [-0.1, -0.05) is 6.92 Å². The predicted octanol–water partition coefficient (Wildman–Crippen LogP) is 3.01. The van der Waals surface area contributed by atoms with Crippen LogP contribution in [-0.4, -0.2) is 51.9 Å². The monoisotopic (exact) mass is 355 g/mol. The maximum absolute atomic E-state index is 12.7. The van der Waals surface area contributed by atoms with Crippen molar-refractivity contribution >= 4 is 34.0 Å². The Balaban J connectivity index is 1.59. The minimum absolute atomic E-state index is 0.0352. The number of anilines is 1. The summed E-state index contributed by atoms with van der Waals surface area (Å²) in [6.45, 7) is 3.77. The van der Waals surface area contributed by atoms with E-state index in [-0.39, 0.29) is 11.9 Å². The molecule has 1 aliphatic heterocycles. The number of pyridine rings is 1. The molecule has 1 aliphatic rings. The van der Waals surface area contributed by atoms with Gasteiger partial charge in [-0.05, 0) is 24.5 Å². The molecule has 0 radical (unpaired) electrons. The highest BCUT2D eigenvalue weighted by atomic mass is 32.1. The van der Waals surface area contributed by atoms with Crippen LogP contribution in [-0.2, 0) is 0 Å². The van der Waals surface area contributed by atoms with Crippen LogP contribution in [0.15, 0.2) is 35.4 Å². The van der Waals surface area contributed by atoms with E-state index in [1.165, 1.54) is 11.3 Å². The lowest BCUT2D eigenvalue weighted by molar-refractivity contribution is 0.0665. The number of H-pyrrole nitrogens is 1. The molecule has 4 heterocycles. The molecule has 4 rings (SSSR count). The lowest BCUT2D eigenvalue weighted by atomic mass is 9.91. The van der Waals surface area contributed by atoms with Gasteiger partial charge in [0.1, 0.15) is 11.3 Å². The Morgan fingerprint density at radius 1 is 1.40 bits per heavy atom. The number of hydrogen-bond donors (Lipinski definition) is 1. The van der Waals surface area contributed by atoms with Crippen molar-refractivity contribution in [1.82, 2.24) is 19.9 Å². The molecule has 1 unspecified atom stereocenters. The molecule has 130 valence electrons. The summed E-state index contributed by atoms with van der Waals surface area (Å²) in [4.78, 5) is 28.6. The molecule has 0 aliphatic carbocycles. The first-order chi connectivity index (χ1) is 12.1. The Kier molecular flexibility index (Phi) is 4.17. The summed E-state index contributed by atoms with van der Waals surface area (Å²) in [5.74, 6) is 0.541. The molecule has 2 atom stereocenters. The number of rotatable bonds is 3. The van der Waals surface area contributed by atoms with E-state index < -0.39 is 0 Å². The van der Waals surface area contributed by atoms with Crippen LogP contribution in [0.25, 0.3) is 11.0 Å². The Morgan fingerprint density at radius 3 is 3.08 bits per heavy atom. The Hall–Kier alpha value is -2.41. The van der Waals surface area contributed by atoms with Crippen LogP contribution in [0.3, 0.4) is 0 Å². The molecule has 7 heteroatoms. The highest BCUT2D eigenvalue weighted by molar-refractivity contribution is 7.07. The van der Waals surface area contributed by atoms with E-state index in [1.807, 2.05) is 28.7 Å². The lowest BCUT2D eigenvalue weighted by Crippen LogP contribution is -2.52. The van der Waals surface area contributed by atoms with E-state index in [2.05, 4.69) is 39.9 Å². The standard InChI is InChI=1S/C18H21N5OS/c1-12-5-8-23(18(24)14-10-25-11-21-14)9-16(12)22(2)15-4-7-20-17-13(15)3-6-19-17/h3-4,6-7,10-12,16H,5,8-9H2,1-2H3,(H,19,20)/t12-,16?/m1/s1. The zero-order valence-electron chi connectivity index (χ0n) is 14.3. The topological polar surface area (TPSA) is 65.1 Å². The molecule has 0 bridgehead atoms. The number of carbonyl (C=O) groups is 1. The molecule has 0 spiro atoms. The van der Waals surface area contributed by atoms with Gasteiger partial charge >= 0.3 is 0 Å². The van der Waals surface area contributed by atoms with Crippen molar-refractivity contribution in [2.75, 3.05) is 25.0 Å². The molecule has 1 N–H and O–H groups in total. The summed E-state index contributed by atoms with van der Waals surface area (Å²) >= 11 is 1.46. The predicted molar refractivity (Wildman–Crippen MR) is 100 cm³/mol. The Bertz CT molecular complexity index is 875. The number of aromatic nitrogens is 3. The quantitative estimate of drug-likeness (QED) is 0.784. The third-order valence-corrected chi connectivity index (χ3v) is 5.76. The van der Waals surface area contributed by atoms with E-state index in [0.29, 0.717) is 18.2 Å². The molecule has 3 aromatic heterocycles. The molecule has 6 nitrogen and oxygen atoms in total. The van der Waals surface area contributed by atoms with Gasteiger partial charge in [0.2, 0.25) is 0 Å². The van der Waals surface area contributed by atoms with E-state index >= 15 is 0 Å². The second-order valence-electron chi connectivity index (χ2n) is 6.64. The van der Waals surface area contributed by atoms with Gasteiger partial charge in [-0.2, -0.15) is 0 Å². The average Bonchev–Trinajstić information content (AvgIpc) is 3.32. The maximum Gasteiger partial charge on any atom is 0.273 e. The van der Waals surface area contributed by atoms with E-state index in [1.54, 1.807) is 5.51 Å². The van der Waals surface area contributed by atoms with Gasteiger partial charge < -0.3 is 14.8 Å². The van der Waals surface area contributed by atoms with Crippen LogP contribution in [0, 0.1) is 5.92 Å². The number of likely N-dealkylation sites (tertiary alicyclic amines) is 1. The minimum atomic E-state index is 0.0352. The van der Waals surface area contributed by atoms with Crippen LogP contribution in [0.2, 0.25) is 0 Å². The van der Waals surface area contributed by atoms with Crippen molar-refractivity contribution in [1.29, 1.82) is 0 Å². The highest BCUT2D eigenvalue weighted by Crippen LogP contribution is 2.30. The van der Waals surface area contributed by atoms with Gasteiger partial charge in [-0.3, -0.25) is 4.79 Å². The first-order valence-corrected chi connectivity index (χ1v) is 9.42. The number of carbonyl (C=O) groups excluding carboxylic acids is 1. The molecule has 0 saturated carbocycles. The van der Waals surface area contributed by atoms with Crippen molar-refractivity contribution < 1.29 is 4.79 Å². The Morgan fingerprint density at radius 2 is 2.28 bits per heavy atom. The molecular weight excluding hydrogens is 334 g/mol. The second kappa shape index (κ2) is 6.48. The zero-order chi connectivity index (χ0) is 17.4.